The average Bonchev–Trinajstić information content (AvgIpc) is 2.20. The smallest absolute Gasteiger partial charge is 0.195 e. The van der Waals surface area contributed by atoms with Crippen LogP contribution >= 0.6 is 15.9 Å². The Labute approximate surface area is 94.0 Å². The molecule has 0 saturated heterocycles. The molecule has 0 heterocycles. The Balaban J connectivity index is 3.19. The summed E-state index contributed by atoms with van der Waals surface area (Å²) in [6.07, 6.45) is -0.188. The lowest BCUT2D eigenvalue weighted by Crippen LogP contribution is -2.05. The predicted octanol–water partition coefficient (Wildman–Crippen LogP) is 3.70. The first-order chi connectivity index (χ1) is 6.99. The van der Waals surface area contributed by atoms with Gasteiger partial charge in [0.2, 0.25) is 0 Å². The second-order valence-electron chi connectivity index (χ2n) is 3.19. The molecule has 1 aromatic carbocycles. The molecular weight excluding hydrogens is 273 g/mol. The Morgan fingerprint density at radius 3 is 2.40 bits per heavy atom. The summed E-state index contributed by atoms with van der Waals surface area (Å²) in [4.78, 5) is 0. The van der Waals surface area contributed by atoms with Gasteiger partial charge in [-0.2, -0.15) is 0 Å². The van der Waals surface area contributed by atoms with Gasteiger partial charge in [0.25, 0.3) is 0 Å². The standard InChI is InChI=1S/C10H10BrF3O/c1-2-3-7(15)5-4-6(11)9(13)10(14)8(5)12/h4,7,15H,2-3H2,1H3. The van der Waals surface area contributed by atoms with Crippen molar-refractivity contribution in [3.8, 4) is 0 Å². The van der Waals surface area contributed by atoms with E-state index in [1.807, 2.05) is 0 Å². The SMILES string of the molecule is CCCC(O)c1cc(Br)c(F)c(F)c1F. The van der Waals surface area contributed by atoms with Crippen LogP contribution in [0.3, 0.4) is 0 Å². The molecule has 0 aromatic heterocycles. The molecule has 1 unspecified atom stereocenters. The fourth-order valence-corrected chi connectivity index (χ4v) is 1.68. The zero-order chi connectivity index (χ0) is 11.6. The minimum atomic E-state index is -1.56. The van der Waals surface area contributed by atoms with Crippen LogP contribution in [0.15, 0.2) is 10.5 Å². The minimum Gasteiger partial charge on any atom is -0.388 e. The Kier molecular flexibility index (Phi) is 4.16. The Hall–Kier alpha value is -0.550. The van der Waals surface area contributed by atoms with Gasteiger partial charge in [0.05, 0.1) is 10.6 Å². The number of benzene rings is 1. The maximum absolute atomic E-state index is 13.2. The lowest BCUT2D eigenvalue weighted by molar-refractivity contribution is 0.160. The highest BCUT2D eigenvalue weighted by Crippen LogP contribution is 2.29. The number of halogens is 4. The highest BCUT2D eigenvalue weighted by atomic mass is 79.9. The second kappa shape index (κ2) is 4.99. The number of aliphatic hydroxyl groups excluding tert-OH is 1. The van der Waals surface area contributed by atoms with E-state index in [-0.39, 0.29) is 10.0 Å². The van der Waals surface area contributed by atoms with Crippen LogP contribution in [0.25, 0.3) is 0 Å². The molecule has 1 rings (SSSR count). The fraction of sp³-hybridized carbons (Fsp3) is 0.400. The van der Waals surface area contributed by atoms with E-state index >= 15 is 0 Å². The molecule has 1 nitrogen and oxygen atoms in total. The van der Waals surface area contributed by atoms with E-state index < -0.39 is 23.6 Å². The van der Waals surface area contributed by atoms with Gasteiger partial charge in [-0.3, -0.25) is 0 Å². The molecule has 0 amide bonds. The normalized spacial score (nSPS) is 12.9. The molecule has 0 bridgehead atoms. The van der Waals surface area contributed by atoms with Crippen LogP contribution in [0.5, 0.6) is 0 Å². The number of hydrogen-bond acceptors (Lipinski definition) is 1. The fourth-order valence-electron chi connectivity index (χ4n) is 1.26. The second-order valence-corrected chi connectivity index (χ2v) is 4.05. The van der Waals surface area contributed by atoms with Crippen molar-refractivity contribution in [1.29, 1.82) is 0 Å². The van der Waals surface area contributed by atoms with Gasteiger partial charge in [0.15, 0.2) is 17.5 Å². The van der Waals surface area contributed by atoms with Crippen molar-refractivity contribution in [2.24, 2.45) is 0 Å². The molecule has 84 valence electrons. The lowest BCUT2D eigenvalue weighted by atomic mass is 10.0. The molecule has 1 aromatic rings. The van der Waals surface area contributed by atoms with Crippen molar-refractivity contribution in [2.75, 3.05) is 0 Å². The average molecular weight is 283 g/mol. The van der Waals surface area contributed by atoms with Gasteiger partial charge in [-0.1, -0.05) is 13.3 Å². The van der Waals surface area contributed by atoms with E-state index in [4.69, 9.17) is 0 Å². The summed E-state index contributed by atoms with van der Waals surface area (Å²) in [5.41, 5.74) is -0.220. The highest BCUT2D eigenvalue weighted by molar-refractivity contribution is 9.10. The van der Waals surface area contributed by atoms with Gasteiger partial charge in [-0.05, 0) is 28.4 Å². The first-order valence-electron chi connectivity index (χ1n) is 4.50. The Bertz CT molecular complexity index is 368. The quantitative estimate of drug-likeness (QED) is 0.662. The number of aliphatic hydroxyl groups is 1. The van der Waals surface area contributed by atoms with Gasteiger partial charge in [0, 0.05) is 5.56 Å². The van der Waals surface area contributed by atoms with Crippen LogP contribution in [0.4, 0.5) is 13.2 Å². The summed E-state index contributed by atoms with van der Waals surface area (Å²) in [6, 6.07) is 1.06. The van der Waals surface area contributed by atoms with Crippen LogP contribution in [-0.4, -0.2) is 5.11 Å². The van der Waals surface area contributed by atoms with Crippen molar-refractivity contribution in [3.05, 3.63) is 33.6 Å². The molecule has 15 heavy (non-hydrogen) atoms. The van der Waals surface area contributed by atoms with E-state index in [2.05, 4.69) is 15.9 Å². The van der Waals surface area contributed by atoms with E-state index in [0.717, 1.165) is 6.07 Å². The summed E-state index contributed by atoms with van der Waals surface area (Å²) >= 11 is 2.76. The van der Waals surface area contributed by atoms with E-state index in [1.165, 1.54) is 0 Å². The maximum atomic E-state index is 13.2. The summed E-state index contributed by atoms with van der Waals surface area (Å²) in [5.74, 6) is -4.16. The lowest BCUT2D eigenvalue weighted by Gasteiger charge is -2.12. The maximum Gasteiger partial charge on any atom is 0.195 e. The van der Waals surface area contributed by atoms with Crippen molar-refractivity contribution in [2.45, 2.75) is 25.9 Å². The molecule has 1 N–H and O–H groups in total. The minimum absolute atomic E-state index is 0.188. The van der Waals surface area contributed by atoms with Crippen LogP contribution in [0.2, 0.25) is 0 Å². The Morgan fingerprint density at radius 2 is 1.87 bits per heavy atom. The van der Waals surface area contributed by atoms with Crippen molar-refractivity contribution in [3.63, 3.8) is 0 Å². The van der Waals surface area contributed by atoms with E-state index in [1.54, 1.807) is 6.92 Å². The molecule has 0 fully saturated rings. The third kappa shape index (κ3) is 2.52. The molecule has 0 aliphatic heterocycles. The van der Waals surface area contributed by atoms with Crippen LogP contribution in [0.1, 0.15) is 31.4 Å². The van der Waals surface area contributed by atoms with Gasteiger partial charge in [0.1, 0.15) is 0 Å². The van der Waals surface area contributed by atoms with Gasteiger partial charge in [-0.15, -0.1) is 0 Å². The van der Waals surface area contributed by atoms with Crippen LogP contribution in [-0.2, 0) is 0 Å². The van der Waals surface area contributed by atoms with Crippen molar-refractivity contribution >= 4 is 15.9 Å². The molecule has 0 saturated carbocycles. The monoisotopic (exact) mass is 282 g/mol. The van der Waals surface area contributed by atoms with E-state index in [9.17, 15) is 18.3 Å². The third-order valence-corrected chi connectivity index (χ3v) is 2.63. The summed E-state index contributed by atoms with van der Waals surface area (Å²) in [7, 11) is 0. The molecule has 0 aliphatic rings. The topological polar surface area (TPSA) is 20.2 Å². The zero-order valence-corrected chi connectivity index (χ0v) is 9.61. The van der Waals surface area contributed by atoms with Crippen molar-refractivity contribution in [1.82, 2.24) is 0 Å². The van der Waals surface area contributed by atoms with Crippen molar-refractivity contribution < 1.29 is 18.3 Å². The largest absolute Gasteiger partial charge is 0.388 e. The zero-order valence-electron chi connectivity index (χ0n) is 8.03. The first-order valence-corrected chi connectivity index (χ1v) is 5.29. The van der Waals surface area contributed by atoms with Gasteiger partial charge >= 0.3 is 0 Å². The molecule has 0 radical (unpaired) electrons. The summed E-state index contributed by atoms with van der Waals surface area (Å²) in [5, 5.41) is 9.49. The number of hydrogen-bond donors (Lipinski definition) is 1. The Morgan fingerprint density at radius 1 is 1.27 bits per heavy atom. The molecular formula is C10H10BrF3O. The summed E-state index contributed by atoms with van der Waals surface area (Å²) in [6.45, 7) is 1.80. The third-order valence-electron chi connectivity index (χ3n) is 2.05. The summed E-state index contributed by atoms with van der Waals surface area (Å²) < 4.78 is 38.9. The van der Waals surface area contributed by atoms with E-state index in [0.29, 0.717) is 12.8 Å². The molecule has 1 atom stereocenters. The molecule has 0 spiro atoms. The highest BCUT2D eigenvalue weighted by Gasteiger charge is 2.21. The predicted molar refractivity (Wildman–Crippen MR) is 53.9 cm³/mol. The van der Waals surface area contributed by atoms with Gasteiger partial charge < -0.3 is 5.11 Å². The molecule has 0 aliphatic carbocycles. The van der Waals surface area contributed by atoms with Gasteiger partial charge in [-0.25, -0.2) is 13.2 Å². The van der Waals surface area contributed by atoms with Crippen LogP contribution < -0.4 is 0 Å². The molecule has 5 heteroatoms. The number of rotatable bonds is 3. The van der Waals surface area contributed by atoms with Crippen LogP contribution in [0, 0.1) is 17.5 Å². The first kappa shape index (κ1) is 12.5.